The van der Waals surface area contributed by atoms with E-state index < -0.39 is 0 Å². The number of methoxy groups -OCH3 is 1. The molecule has 0 aliphatic rings. The minimum absolute atomic E-state index is 0.0541. The largest absolute Gasteiger partial charge is 0.497 e. The lowest BCUT2D eigenvalue weighted by atomic mass is 10.3. The molecule has 2 aromatic heterocycles. The predicted octanol–water partition coefficient (Wildman–Crippen LogP) is 2.24. The maximum absolute atomic E-state index is 12.4. The highest BCUT2D eigenvalue weighted by Gasteiger charge is 2.19. The number of anilines is 1. The van der Waals surface area contributed by atoms with Gasteiger partial charge in [-0.05, 0) is 42.1 Å². The van der Waals surface area contributed by atoms with Crippen LogP contribution in [0.3, 0.4) is 0 Å². The molecule has 0 aliphatic heterocycles. The van der Waals surface area contributed by atoms with Crippen LogP contribution in [0.25, 0.3) is 10.8 Å². The number of quaternary nitrogens is 1. The molecule has 0 bridgehead atoms. The van der Waals surface area contributed by atoms with E-state index in [1.165, 1.54) is 0 Å². The zero-order chi connectivity index (χ0) is 19.1. The van der Waals surface area contributed by atoms with Crippen molar-refractivity contribution in [3.05, 3.63) is 47.7 Å². The second-order valence-corrected chi connectivity index (χ2v) is 7.06. The van der Waals surface area contributed by atoms with E-state index in [1.807, 2.05) is 41.8 Å². The van der Waals surface area contributed by atoms with Crippen LogP contribution in [-0.4, -0.2) is 36.3 Å². The molecule has 2 heterocycles. The molecule has 0 spiro atoms. The van der Waals surface area contributed by atoms with Crippen molar-refractivity contribution in [2.75, 3.05) is 25.5 Å². The van der Waals surface area contributed by atoms with Crippen LogP contribution in [0.5, 0.6) is 5.75 Å². The van der Waals surface area contributed by atoms with Crippen molar-refractivity contribution in [2.24, 2.45) is 0 Å². The first-order chi connectivity index (χ1) is 13.2. The number of amides is 1. The molecule has 0 aliphatic carbocycles. The smallest absolute Gasteiger partial charge is 0.279 e. The molecule has 0 radical (unpaired) electrons. The van der Waals surface area contributed by atoms with E-state index in [4.69, 9.17) is 9.15 Å². The highest BCUT2D eigenvalue weighted by atomic mass is 32.1. The van der Waals surface area contributed by atoms with Crippen LogP contribution < -0.4 is 15.0 Å². The van der Waals surface area contributed by atoms with Gasteiger partial charge >= 0.3 is 0 Å². The van der Waals surface area contributed by atoms with Gasteiger partial charge in [0, 0.05) is 5.69 Å². The molecule has 1 amide bonds. The molecule has 8 heteroatoms. The van der Waals surface area contributed by atoms with E-state index in [-0.39, 0.29) is 5.91 Å². The summed E-state index contributed by atoms with van der Waals surface area (Å²) >= 11 is 1.56. The predicted molar refractivity (Wildman–Crippen MR) is 104 cm³/mol. The van der Waals surface area contributed by atoms with E-state index in [0.717, 1.165) is 34.2 Å². The number of nitrogens with one attached hydrogen (secondary N) is 2. The minimum atomic E-state index is -0.0541. The first kappa shape index (κ1) is 19.1. The number of ether oxygens (including phenoxy) is 1. The van der Waals surface area contributed by atoms with Crippen molar-refractivity contribution in [3.63, 3.8) is 0 Å². The van der Waals surface area contributed by atoms with Gasteiger partial charge < -0.3 is 19.4 Å². The van der Waals surface area contributed by atoms with Crippen LogP contribution >= 0.6 is 11.3 Å². The monoisotopic (exact) mass is 387 g/mol. The average Bonchev–Trinajstić information content (AvgIpc) is 3.34. The van der Waals surface area contributed by atoms with Crippen LogP contribution in [0.2, 0.25) is 0 Å². The highest BCUT2D eigenvalue weighted by molar-refractivity contribution is 7.13. The number of benzene rings is 1. The molecule has 27 heavy (non-hydrogen) atoms. The van der Waals surface area contributed by atoms with Gasteiger partial charge in [0.15, 0.2) is 13.1 Å². The molecular formula is C19H23N4O3S+. The van der Waals surface area contributed by atoms with Gasteiger partial charge in [0.05, 0.1) is 18.5 Å². The minimum Gasteiger partial charge on any atom is -0.497 e. The molecule has 1 unspecified atom stereocenters. The fourth-order valence-corrected chi connectivity index (χ4v) is 3.38. The molecule has 1 atom stereocenters. The zero-order valence-electron chi connectivity index (χ0n) is 15.4. The Kier molecular flexibility index (Phi) is 6.56. The maximum Gasteiger partial charge on any atom is 0.279 e. The van der Waals surface area contributed by atoms with Crippen molar-refractivity contribution in [1.29, 1.82) is 0 Å². The first-order valence-corrected chi connectivity index (χ1v) is 9.69. The number of rotatable bonds is 9. The molecule has 142 valence electrons. The lowest BCUT2D eigenvalue weighted by Gasteiger charge is -2.16. The number of thiophene rings is 1. The number of nitrogens with zero attached hydrogens (tertiary/aromatic N) is 2. The number of carbonyl (C=O) groups excluding carboxylic acids is 1. The standard InChI is InChI=1S/C19H22N4O3S/c1-3-10-23(12-17(24)20-14-6-8-15(25-2)9-7-14)13-18-21-22-19(26-18)16-5-4-11-27-16/h4-9,11H,3,10,12-13H2,1-2H3,(H,20,24)/p+1. The summed E-state index contributed by atoms with van der Waals surface area (Å²) in [6.07, 6.45) is 0.955. The summed E-state index contributed by atoms with van der Waals surface area (Å²) in [5.41, 5.74) is 0.745. The summed E-state index contributed by atoms with van der Waals surface area (Å²) in [5.74, 6) is 1.77. The van der Waals surface area contributed by atoms with Crippen LogP contribution in [0, 0.1) is 0 Å². The molecule has 2 N–H and O–H groups in total. The highest BCUT2D eigenvalue weighted by Crippen LogP contribution is 2.22. The lowest BCUT2D eigenvalue weighted by molar-refractivity contribution is -0.907. The number of hydrogen-bond acceptors (Lipinski definition) is 6. The van der Waals surface area contributed by atoms with Gasteiger partial charge in [-0.1, -0.05) is 13.0 Å². The van der Waals surface area contributed by atoms with Gasteiger partial charge in [-0.2, -0.15) is 0 Å². The average molecular weight is 387 g/mol. The van der Waals surface area contributed by atoms with Crippen LogP contribution in [0.15, 0.2) is 46.2 Å². The molecule has 1 aromatic carbocycles. The first-order valence-electron chi connectivity index (χ1n) is 8.81. The second-order valence-electron chi connectivity index (χ2n) is 6.11. The third-order valence-electron chi connectivity index (χ3n) is 3.99. The van der Waals surface area contributed by atoms with E-state index in [9.17, 15) is 4.79 Å². The summed E-state index contributed by atoms with van der Waals surface area (Å²) in [7, 11) is 1.61. The molecule has 0 saturated heterocycles. The molecule has 3 aromatic rings. The van der Waals surface area contributed by atoms with Gasteiger partial charge in [0.2, 0.25) is 0 Å². The van der Waals surface area contributed by atoms with Crippen molar-refractivity contribution < 1.29 is 18.8 Å². The second kappa shape index (κ2) is 9.29. The van der Waals surface area contributed by atoms with Gasteiger partial charge in [0.25, 0.3) is 17.7 Å². The Balaban J connectivity index is 1.58. The maximum atomic E-state index is 12.4. The van der Waals surface area contributed by atoms with Crippen LogP contribution in [0.1, 0.15) is 19.2 Å². The molecule has 0 fully saturated rings. The Morgan fingerprint density at radius 3 is 2.74 bits per heavy atom. The number of hydrogen-bond donors (Lipinski definition) is 2. The Morgan fingerprint density at radius 1 is 1.26 bits per heavy atom. The summed E-state index contributed by atoms with van der Waals surface area (Å²) < 4.78 is 10.9. The molecule has 0 saturated carbocycles. The Bertz CT molecular complexity index is 846. The SMILES string of the molecule is CCC[NH+](CC(=O)Nc1ccc(OC)cc1)Cc1nnc(-c2cccs2)o1. The summed E-state index contributed by atoms with van der Waals surface area (Å²) in [5, 5.41) is 13.1. The Morgan fingerprint density at radius 2 is 2.07 bits per heavy atom. The van der Waals surface area contributed by atoms with E-state index in [2.05, 4.69) is 22.4 Å². The van der Waals surface area contributed by atoms with Crippen molar-refractivity contribution in [3.8, 4) is 16.5 Å². The van der Waals surface area contributed by atoms with Crippen molar-refractivity contribution in [2.45, 2.75) is 19.9 Å². The van der Waals surface area contributed by atoms with Crippen LogP contribution in [-0.2, 0) is 11.3 Å². The van der Waals surface area contributed by atoms with Gasteiger partial charge in [-0.3, -0.25) is 4.79 Å². The summed E-state index contributed by atoms with van der Waals surface area (Å²) in [6, 6.07) is 11.2. The number of carbonyl (C=O) groups is 1. The zero-order valence-corrected chi connectivity index (χ0v) is 16.2. The van der Waals surface area contributed by atoms with E-state index in [0.29, 0.717) is 24.9 Å². The number of aromatic nitrogens is 2. The van der Waals surface area contributed by atoms with E-state index in [1.54, 1.807) is 18.4 Å². The fourth-order valence-electron chi connectivity index (χ4n) is 2.74. The van der Waals surface area contributed by atoms with Gasteiger partial charge in [-0.25, -0.2) is 0 Å². The van der Waals surface area contributed by atoms with E-state index >= 15 is 0 Å². The fraction of sp³-hybridized carbons (Fsp3) is 0.316. The van der Waals surface area contributed by atoms with Crippen molar-refractivity contribution in [1.82, 2.24) is 10.2 Å². The van der Waals surface area contributed by atoms with Crippen molar-refractivity contribution >= 4 is 22.9 Å². The molecule has 3 rings (SSSR count). The Hall–Kier alpha value is -2.71. The normalized spacial score (nSPS) is 11.9. The molecule has 7 nitrogen and oxygen atoms in total. The quantitative estimate of drug-likeness (QED) is 0.588. The topological polar surface area (TPSA) is 81.7 Å². The third-order valence-corrected chi connectivity index (χ3v) is 4.85. The summed E-state index contributed by atoms with van der Waals surface area (Å²) in [6.45, 7) is 3.78. The third kappa shape index (κ3) is 5.38. The summed E-state index contributed by atoms with van der Waals surface area (Å²) in [4.78, 5) is 14.4. The van der Waals surface area contributed by atoms with Gasteiger partial charge in [-0.15, -0.1) is 21.5 Å². The van der Waals surface area contributed by atoms with Gasteiger partial charge in [0.1, 0.15) is 5.75 Å². The van der Waals surface area contributed by atoms with Crippen LogP contribution in [0.4, 0.5) is 5.69 Å². The molecular weight excluding hydrogens is 364 g/mol. The lowest BCUT2D eigenvalue weighted by Crippen LogP contribution is -3.11. The Labute approximate surface area is 162 Å².